The maximum atomic E-state index is 13.0. The van der Waals surface area contributed by atoms with Crippen molar-refractivity contribution >= 4 is 11.9 Å². The van der Waals surface area contributed by atoms with Crippen LogP contribution in [0.1, 0.15) is 36.9 Å². The quantitative estimate of drug-likeness (QED) is 0.769. The van der Waals surface area contributed by atoms with Crippen LogP contribution in [0.15, 0.2) is 6.20 Å². The number of fused-ring (bicyclic) bond motifs is 2. The minimum absolute atomic E-state index is 0.0325. The molecule has 28 heavy (non-hydrogen) atoms. The summed E-state index contributed by atoms with van der Waals surface area (Å²) in [6, 6.07) is 0. The van der Waals surface area contributed by atoms with Crippen molar-refractivity contribution in [1.82, 2.24) is 24.7 Å². The SMILES string of the molecule is CN1CCN(CCC(=O)N2CCCC3(CCc4cnc(N(C)C)nc43)C2)CC1. The fraction of sp³-hybridized carbons (Fsp3) is 0.762. The van der Waals surface area contributed by atoms with E-state index >= 15 is 0 Å². The number of anilines is 1. The molecule has 4 rings (SSSR count). The van der Waals surface area contributed by atoms with Crippen LogP contribution >= 0.6 is 0 Å². The molecule has 1 aliphatic carbocycles. The van der Waals surface area contributed by atoms with Gasteiger partial charge in [0.2, 0.25) is 11.9 Å². The predicted octanol–water partition coefficient (Wildman–Crippen LogP) is 0.987. The highest BCUT2D eigenvalue weighted by Gasteiger charge is 2.44. The molecule has 1 amide bonds. The first-order chi connectivity index (χ1) is 13.5. The smallest absolute Gasteiger partial charge is 0.225 e. The Morgan fingerprint density at radius 2 is 1.96 bits per heavy atom. The number of rotatable bonds is 4. The average molecular weight is 387 g/mol. The van der Waals surface area contributed by atoms with Gasteiger partial charge in [-0.2, -0.15) is 0 Å². The van der Waals surface area contributed by atoms with Gasteiger partial charge >= 0.3 is 0 Å². The van der Waals surface area contributed by atoms with Gasteiger partial charge in [-0.1, -0.05) is 0 Å². The van der Waals surface area contributed by atoms with Gasteiger partial charge in [-0.25, -0.2) is 9.97 Å². The van der Waals surface area contributed by atoms with E-state index in [-0.39, 0.29) is 5.41 Å². The fourth-order valence-corrected chi connectivity index (χ4v) is 4.97. The highest BCUT2D eigenvalue weighted by atomic mass is 16.2. The summed E-state index contributed by atoms with van der Waals surface area (Å²) in [5, 5.41) is 0. The summed E-state index contributed by atoms with van der Waals surface area (Å²) in [6.45, 7) is 6.96. The van der Waals surface area contributed by atoms with Gasteiger partial charge in [-0.05, 0) is 38.3 Å². The Kier molecular flexibility index (Phi) is 5.56. The molecule has 1 aromatic rings. The Hall–Kier alpha value is -1.73. The third kappa shape index (κ3) is 3.87. The van der Waals surface area contributed by atoms with Crippen molar-refractivity contribution in [3.8, 4) is 0 Å². The summed E-state index contributed by atoms with van der Waals surface area (Å²) in [7, 11) is 6.14. The Morgan fingerprint density at radius 3 is 2.71 bits per heavy atom. The molecule has 0 aromatic carbocycles. The van der Waals surface area contributed by atoms with Crippen LogP contribution in [0.5, 0.6) is 0 Å². The van der Waals surface area contributed by atoms with E-state index in [0.29, 0.717) is 12.3 Å². The molecule has 1 atom stereocenters. The summed E-state index contributed by atoms with van der Waals surface area (Å²) in [5.74, 6) is 1.09. The molecule has 1 unspecified atom stereocenters. The van der Waals surface area contributed by atoms with Gasteiger partial charge in [0.15, 0.2) is 0 Å². The van der Waals surface area contributed by atoms with Crippen LogP contribution in [0, 0.1) is 0 Å². The molecule has 0 bridgehead atoms. The molecule has 7 nitrogen and oxygen atoms in total. The Bertz CT molecular complexity index is 711. The van der Waals surface area contributed by atoms with Gasteiger partial charge in [-0.15, -0.1) is 0 Å². The van der Waals surface area contributed by atoms with Crippen LogP contribution in [-0.4, -0.2) is 97.5 Å². The predicted molar refractivity (Wildman–Crippen MR) is 111 cm³/mol. The number of carbonyl (C=O) groups excluding carboxylic acids is 1. The van der Waals surface area contributed by atoms with Gasteiger partial charge < -0.3 is 19.6 Å². The number of likely N-dealkylation sites (N-methyl/N-ethyl adjacent to an activating group) is 1. The zero-order valence-electron chi connectivity index (χ0n) is 17.7. The van der Waals surface area contributed by atoms with E-state index in [4.69, 9.17) is 4.98 Å². The summed E-state index contributed by atoms with van der Waals surface area (Å²) >= 11 is 0. The van der Waals surface area contributed by atoms with Crippen molar-refractivity contribution in [2.75, 3.05) is 71.9 Å². The van der Waals surface area contributed by atoms with E-state index in [1.165, 1.54) is 11.3 Å². The molecule has 2 fully saturated rings. The van der Waals surface area contributed by atoms with Crippen LogP contribution in [0.3, 0.4) is 0 Å². The number of hydrogen-bond acceptors (Lipinski definition) is 6. The largest absolute Gasteiger partial charge is 0.347 e. The molecule has 1 aromatic heterocycles. The second-order valence-electron chi connectivity index (χ2n) is 9.03. The molecule has 3 heterocycles. The monoisotopic (exact) mass is 386 g/mol. The molecule has 0 saturated carbocycles. The Balaban J connectivity index is 1.41. The van der Waals surface area contributed by atoms with E-state index in [2.05, 4.69) is 26.7 Å². The van der Waals surface area contributed by atoms with Crippen molar-refractivity contribution in [1.29, 1.82) is 0 Å². The van der Waals surface area contributed by atoms with Crippen LogP contribution in [0.2, 0.25) is 0 Å². The molecule has 154 valence electrons. The highest BCUT2D eigenvalue weighted by Crippen LogP contribution is 2.44. The molecule has 3 aliphatic rings. The van der Waals surface area contributed by atoms with E-state index < -0.39 is 0 Å². The van der Waals surface area contributed by atoms with E-state index in [1.54, 1.807) is 0 Å². The Labute approximate surface area is 168 Å². The summed E-state index contributed by atoms with van der Waals surface area (Å²) in [4.78, 5) is 31.3. The number of carbonyl (C=O) groups is 1. The van der Waals surface area contributed by atoms with Gasteiger partial charge in [0.05, 0.1) is 5.69 Å². The van der Waals surface area contributed by atoms with Crippen LogP contribution in [0.4, 0.5) is 5.95 Å². The molecule has 2 aliphatic heterocycles. The van der Waals surface area contributed by atoms with Crippen molar-refractivity contribution in [2.24, 2.45) is 0 Å². The zero-order chi connectivity index (χ0) is 19.7. The molecular weight excluding hydrogens is 352 g/mol. The van der Waals surface area contributed by atoms with Crippen LogP contribution < -0.4 is 4.90 Å². The second-order valence-corrected chi connectivity index (χ2v) is 9.03. The van der Waals surface area contributed by atoms with E-state index in [0.717, 1.165) is 77.4 Å². The molecular formula is C21H34N6O. The topological polar surface area (TPSA) is 55.8 Å². The number of aromatic nitrogens is 2. The summed E-state index contributed by atoms with van der Waals surface area (Å²) in [5.41, 5.74) is 2.50. The molecule has 2 saturated heterocycles. The Morgan fingerprint density at radius 1 is 1.18 bits per heavy atom. The van der Waals surface area contributed by atoms with E-state index in [1.807, 2.05) is 25.2 Å². The lowest BCUT2D eigenvalue weighted by Crippen LogP contribution is -2.49. The lowest BCUT2D eigenvalue weighted by atomic mass is 9.77. The van der Waals surface area contributed by atoms with E-state index in [9.17, 15) is 4.79 Å². The lowest BCUT2D eigenvalue weighted by Gasteiger charge is -2.41. The minimum Gasteiger partial charge on any atom is -0.347 e. The first kappa shape index (κ1) is 19.6. The molecule has 1 spiro atoms. The number of amides is 1. The zero-order valence-corrected chi connectivity index (χ0v) is 17.7. The molecule has 7 heteroatoms. The van der Waals surface area contributed by atoms with Gasteiger partial charge in [0.25, 0.3) is 0 Å². The fourth-order valence-electron chi connectivity index (χ4n) is 4.97. The van der Waals surface area contributed by atoms with Crippen molar-refractivity contribution in [2.45, 2.75) is 37.5 Å². The lowest BCUT2D eigenvalue weighted by molar-refractivity contribution is -0.134. The van der Waals surface area contributed by atoms with Crippen molar-refractivity contribution in [3.05, 3.63) is 17.5 Å². The number of aryl methyl sites for hydroxylation is 1. The van der Waals surface area contributed by atoms with Crippen LogP contribution in [-0.2, 0) is 16.6 Å². The minimum atomic E-state index is 0.0325. The maximum Gasteiger partial charge on any atom is 0.225 e. The third-order valence-electron chi connectivity index (χ3n) is 6.79. The summed E-state index contributed by atoms with van der Waals surface area (Å²) in [6.07, 6.45) is 6.97. The first-order valence-corrected chi connectivity index (χ1v) is 10.7. The number of nitrogens with zero attached hydrogens (tertiary/aromatic N) is 6. The number of piperazine rings is 1. The maximum absolute atomic E-state index is 13.0. The molecule has 0 N–H and O–H groups in total. The third-order valence-corrected chi connectivity index (χ3v) is 6.79. The summed E-state index contributed by atoms with van der Waals surface area (Å²) < 4.78 is 0. The average Bonchev–Trinajstić information content (AvgIpc) is 3.04. The van der Waals surface area contributed by atoms with Crippen molar-refractivity contribution in [3.63, 3.8) is 0 Å². The second kappa shape index (κ2) is 7.95. The molecule has 0 radical (unpaired) electrons. The van der Waals surface area contributed by atoms with Gasteiger partial charge in [-0.3, -0.25) is 4.79 Å². The van der Waals surface area contributed by atoms with Gasteiger partial charge in [0, 0.05) is 77.9 Å². The van der Waals surface area contributed by atoms with Gasteiger partial charge in [0.1, 0.15) is 0 Å². The van der Waals surface area contributed by atoms with Crippen LogP contribution in [0.25, 0.3) is 0 Å². The van der Waals surface area contributed by atoms with Crippen molar-refractivity contribution < 1.29 is 4.79 Å². The number of piperidine rings is 1. The highest BCUT2D eigenvalue weighted by molar-refractivity contribution is 5.76. The standard InChI is InChI=1S/C21H34N6O/c1-24(2)20-22-15-17-5-8-21(19(17)23-20)7-4-9-27(16-21)18(28)6-10-26-13-11-25(3)12-14-26/h15H,4-14,16H2,1-3H3. The normalized spacial score (nSPS) is 25.9. The number of likely N-dealkylation sites (tertiary alicyclic amines) is 1. The number of hydrogen-bond donors (Lipinski definition) is 0. The first-order valence-electron chi connectivity index (χ1n) is 10.7.